The van der Waals surface area contributed by atoms with E-state index in [1.165, 1.54) is 12.1 Å². The van der Waals surface area contributed by atoms with Gasteiger partial charge in [-0.2, -0.15) is 0 Å². The SMILES string of the molecule is CN1CCC[C@@H]1c1cc2cnc(NC(=O)c3ccc(N4CCN(C(=O)CC5CCN(c6cccc7c6CN(C6CCC(=O)NC6=O)C7=O)CC5)CC4)cc3)cc2[nH]1. The van der Waals surface area contributed by atoms with Crippen molar-refractivity contribution in [2.24, 2.45) is 5.92 Å². The lowest BCUT2D eigenvalue weighted by Gasteiger charge is -2.38. The van der Waals surface area contributed by atoms with Crippen LogP contribution in [0.15, 0.2) is 60.8 Å². The van der Waals surface area contributed by atoms with Crippen LogP contribution in [-0.4, -0.2) is 113 Å². The van der Waals surface area contributed by atoms with Gasteiger partial charge in [-0.1, -0.05) is 6.07 Å². The summed E-state index contributed by atoms with van der Waals surface area (Å²) < 4.78 is 0. The van der Waals surface area contributed by atoms with Crippen LogP contribution in [0.1, 0.15) is 83.0 Å². The molecule has 5 aliphatic rings. The summed E-state index contributed by atoms with van der Waals surface area (Å²) in [5, 5.41) is 6.36. The van der Waals surface area contributed by atoms with Crippen LogP contribution in [0.4, 0.5) is 17.2 Å². The highest BCUT2D eigenvalue weighted by molar-refractivity contribution is 6.06. The second-order valence-corrected chi connectivity index (χ2v) is 16.2. The number of piperazine rings is 1. The number of nitrogens with zero attached hydrogens (tertiary/aromatic N) is 6. The van der Waals surface area contributed by atoms with Crippen LogP contribution in [0, 0.1) is 5.92 Å². The quantitative estimate of drug-likeness (QED) is 0.223. The Morgan fingerprint density at radius 2 is 1.65 bits per heavy atom. The minimum atomic E-state index is -0.638. The third-order valence-electron chi connectivity index (χ3n) is 12.7. The summed E-state index contributed by atoms with van der Waals surface area (Å²) >= 11 is 0. The van der Waals surface area contributed by atoms with Crippen molar-refractivity contribution in [3.63, 3.8) is 0 Å². The van der Waals surface area contributed by atoms with E-state index in [2.05, 4.69) is 48.4 Å². The van der Waals surface area contributed by atoms with Gasteiger partial charge in [-0.25, -0.2) is 4.98 Å². The molecule has 3 N–H and O–H groups in total. The van der Waals surface area contributed by atoms with Gasteiger partial charge >= 0.3 is 0 Å². The molecule has 2 aromatic carbocycles. The van der Waals surface area contributed by atoms with Gasteiger partial charge in [-0.05, 0) is 94.1 Å². The van der Waals surface area contributed by atoms with Crippen LogP contribution >= 0.6 is 0 Å². The lowest BCUT2D eigenvalue weighted by Crippen LogP contribution is -2.52. The van der Waals surface area contributed by atoms with Gasteiger partial charge in [-0.15, -0.1) is 0 Å². The fourth-order valence-corrected chi connectivity index (χ4v) is 9.45. The van der Waals surface area contributed by atoms with E-state index in [4.69, 9.17) is 0 Å². The van der Waals surface area contributed by atoms with Crippen molar-refractivity contribution >= 4 is 57.6 Å². The van der Waals surface area contributed by atoms with E-state index >= 15 is 0 Å². The first-order chi connectivity index (χ1) is 27.7. The number of likely N-dealkylation sites (tertiary alicyclic amines) is 1. The Kier molecular flexibility index (Phi) is 9.89. The minimum absolute atomic E-state index is 0.164. The molecule has 14 nitrogen and oxygen atoms in total. The maximum absolute atomic E-state index is 13.4. The first-order valence-electron chi connectivity index (χ1n) is 20.3. The van der Waals surface area contributed by atoms with Gasteiger partial charge in [0.1, 0.15) is 11.9 Å². The average molecular weight is 772 g/mol. The number of benzene rings is 2. The standard InChI is InChI=1S/C43H49N9O5/c1-48-15-3-6-36(48)34-23-29-25-44-38(24-33(29)45-34)46-41(55)28-7-9-30(10-8-28)49-18-20-51(21-19-49)40(54)22-27-13-16-50(17-14-27)35-5-2-4-31-32(35)26-52(43(31)57)37-11-12-39(53)47-42(37)56/h2,4-5,7-10,23-25,27,36-37,45H,3,6,11-22,26H2,1H3,(H,44,46,55)(H,47,53,56)/t36-,37?/m1/s1. The molecule has 4 saturated heterocycles. The molecule has 4 fully saturated rings. The molecule has 5 amide bonds. The number of carbonyl (C=O) groups is 5. The zero-order valence-electron chi connectivity index (χ0n) is 32.3. The number of aromatic nitrogens is 2. The minimum Gasteiger partial charge on any atom is -0.371 e. The van der Waals surface area contributed by atoms with Crippen LogP contribution in [0.25, 0.3) is 10.9 Å². The van der Waals surface area contributed by atoms with Crippen molar-refractivity contribution in [1.29, 1.82) is 0 Å². The number of piperidine rings is 2. The van der Waals surface area contributed by atoms with Gasteiger partial charge in [0.15, 0.2) is 0 Å². The van der Waals surface area contributed by atoms with E-state index in [0.717, 1.165) is 79.8 Å². The first-order valence-corrected chi connectivity index (χ1v) is 20.3. The number of imide groups is 1. The highest BCUT2D eigenvalue weighted by atomic mass is 16.2. The van der Waals surface area contributed by atoms with Crippen LogP contribution in [-0.2, 0) is 20.9 Å². The normalized spacial score (nSPS) is 22.0. The van der Waals surface area contributed by atoms with E-state index in [1.807, 2.05) is 53.4 Å². The number of fused-ring (bicyclic) bond motifs is 2. The third-order valence-corrected chi connectivity index (χ3v) is 12.7. The first kappa shape index (κ1) is 36.9. The second-order valence-electron chi connectivity index (χ2n) is 16.2. The third kappa shape index (κ3) is 7.34. The molecule has 0 saturated carbocycles. The monoisotopic (exact) mass is 771 g/mol. The lowest BCUT2D eigenvalue weighted by atomic mass is 9.92. The number of anilines is 3. The Morgan fingerprint density at radius 3 is 2.39 bits per heavy atom. The van der Waals surface area contributed by atoms with Crippen molar-refractivity contribution in [1.82, 2.24) is 30.0 Å². The lowest BCUT2D eigenvalue weighted by molar-refractivity contribution is -0.137. The van der Waals surface area contributed by atoms with E-state index in [9.17, 15) is 24.0 Å². The number of nitrogens with one attached hydrogen (secondary N) is 3. The van der Waals surface area contributed by atoms with E-state index in [1.54, 1.807) is 11.1 Å². The van der Waals surface area contributed by atoms with Crippen LogP contribution < -0.4 is 20.4 Å². The molecule has 0 aliphatic carbocycles. The van der Waals surface area contributed by atoms with Gasteiger partial charge in [0, 0.05) is 116 Å². The highest BCUT2D eigenvalue weighted by Gasteiger charge is 2.40. The van der Waals surface area contributed by atoms with Gasteiger partial charge in [0.2, 0.25) is 17.7 Å². The molecule has 2 atom stereocenters. The number of carbonyl (C=O) groups excluding carboxylic acids is 5. The predicted molar refractivity (Wildman–Crippen MR) is 216 cm³/mol. The number of pyridine rings is 1. The Balaban J connectivity index is 0.736. The summed E-state index contributed by atoms with van der Waals surface area (Å²) in [6.45, 7) is 5.78. The Morgan fingerprint density at radius 1 is 0.860 bits per heavy atom. The maximum atomic E-state index is 13.4. The average Bonchev–Trinajstić information content (AvgIpc) is 3.94. The number of amides is 5. The summed E-state index contributed by atoms with van der Waals surface area (Å²) in [5.41, 5.74) is 6.29. The maximum Gasteiger partial charge on any atom is 0.256 e. The van der Waals surface area contributed by atoms with Gasteiger partial charge in [0.05, 0.1) is 5.52 Å². The fraction of sp³-hybridized carbons (Fsp3) is 0.442. The molecule has 2 aromatic heterocycles. The summed E-state index contributed by atoms with van der Waals surface area (Å²) in [4.78, 5) is 82.7. The van der Waals surface area contributed by atoms with Gasteiger partial charge < -0.3 is 29.9 Å². The zero-order valence-corrected chi connectivity index (χ0v) is 32.3. The molecule has 7 heterocycles. The van der Waals surface area contributed by atoms with E-state index in [-0.39, 0.29) is 30.0 Å². The Labute approximate surface area is 331 Å². The molecule has 57 heavy (non-hydrogen) atoms. The molecule has 0 bridgehead atoms. The molecule has 296 valence electrons. The van der Waals surface area contributed by atoms with Crippen LogP contribution in [0.5, 0.6) is 0 Å². The molecule has 0 radical (unpaired) electrons. The van der Waals surface area contributed by atoms with E-state index in [0.29, 0.717) is 61.4 Å². The number of hydrogen-bond acceptors (Lipinski definition) is 9. The van der Waals surface area contributed by atoms with Crippen molar-refractivity contribution in [2.45, 2.75) is 63.6 Å². The molecule has 9 rings (SSSR count). The molecule has 1 unspecified atom stereocenters. The van der Waals surface area contributed by atoms with Gasteiger partial charge in [-0.3, -0.25) is 34.2 Å². The summed E-state index contributed by atoms with van der Waals surface area (Å²) in [6, 6.07) is 17.2. The second kappa shape index (κ2) is 15.3. The van der Waals surface area contributed by atoms with Crippen LogP contribution in [0.2, 0.25) is 0 Å². The zero-order chi connectivity index (χ0) is 39.2. The number of H-pyrrole nitrogens is 1. The summed E-state index contributed by atoms with van der Waals surface area (Å²) in [5.74, 6) is -0.0826. The fourth-order valence-electron chi connectivity index (χ4n) is 9.45. The number of rotatable bonds is 8. The molecule has 5 aliphatic heterocycles. The molecule has 0 spiro atoms. The van der Waals surface area contributed by atoms with Crippen molar-refractivity contribution in [3.8, 4) is 0 Å². The summed E-state index contributed by atoms with van der Waals surface area (Å²) in [7, 11) is 2.15. The smallest absolute Gasteiger partial charge is 0.256 e. The molecule has 14 heteroatoms. The number of hydrogen-bond donors (Lipinski definition) is 3. The highest BCUT2D eigenvalue weighted by Crippen LogP contribution is 2.37. The van der Waals surface area contributed by atoms with Crippen LogP contribution in [0.3, 0.4) is 0 Å². The summed E-state index contributed by atoms with van der Waals surface area (Å²) in [6.07, 6.45) is 6.99. The predicted octanol–water partition coefficient (Wildman–Crippen LogP) is 4.30. The Bertz CT molecular complexity index is 2220. The van der Waals surface area contributed by atoms with Crippen molar-refractivity contribution < 1.29 is 24.0 Å². The van der Waals surface area contributed by atoms with Crippen molar-refractivity contribution in [3.05, 3.63) is 83.2 Å². The molecular formula is C43H49N9O5. The largest absolute Gasteiger partial charge is 0.371 e. The van der Waals surface area contributed by atoms with E-state index < -0.39 is 11.9 Å². The number of aromatic amines is 1. The topological polar surface area (TPSA) is 154 Å². The van der Waals surface area contributed by atoms with Crippen molar-refractivity contribution in [2.75, 3.05) is 68.0 Å². The van der Waals surface area contributed by atoms with Gasteiger partial charge in [0.25, 0.3) is 11.8 Å². The Hall–Kier alpha value is -5.76. The molecular weight excluding hydrogens is 723 g/mol. The molecule has 4 aromatic rings.